The number of urea groups is 1. The highest BCUT2D eigenvalue weighted by Gasteiger charge is 2.39. The van der Waals surface area contributed by atoms with Gasteiger partial charge in [-0.1, -0.05) is 18.2 Å². The number of carbonyl (C=O) groups is 3. The number of hydrogen-bond donors (Lipinski definition) is 3. The lowest BCUT2D eigenvalue weighted by Crippen LogP contribution is -2.38. The second-order valence-corrected chi connectivity index (χ2v) is 7.14. The van der Waals surface area contributed by atoms with Gasteiger partial charge >= 0.3 is 6.03 Å². The predicted molar refractivity (Wildman–Crippen MR) is 114 cm³/mol. The Hall–Kier alpha value is -4.01. The first-order valence-corrected chi connectivity index (χ1v) is 9.68. The van der Waals surface area contributed by atoms with Gasteiger partial charge in [0.25, 0.3) is 5.91 Å². The summed E-state index contributed by atoms with van der Waals surface area (Å²) in [6, 6.07) is 11.3. The molecule has 1 fully saturated rings. The molecule has 31 heavy (non-hydrogen) atoms. The van der Waals surface area contributed by atoms with E-state index >= 15 is 0 Å². The summed E-state index contributed by atoms with van der Waals surface area (Å²) in [6.45, 7) is -0.394. The number of amides is 4. The van der Waals surface area contributed by atoms with E-state index in [-0.39, 0.29) is 0 Å². The molecular formula is C22H22N4O5. The molecule has 0 unspecified atom stereocenters. The summed E-state index contributed by atoms with van der Waals surface area (Å²) < 4.78 is 10.4. The highest BCUT2D eigenvalue weighted by molar-refractivity contribution is 6.08. The number of nitrogens with one attached hydrogen (secondary N) is 3. The Morgan fingerprint density at radius 2 is 1.81 bits per heavy atom. The van der Waals surface area contributed by atoms with Crippen molar-refractivity contribution in [1.29, 1.82) is 0 Å². The van der Waals surface area contributed by atoms with E-state index in [1.807, 2.05) is 30.5 Å². The minimum atomic E-state index is -0.726. The van der Waals surface area contributed by atoms with Gasteiger partial charge in [0.15, 0.2) is 0 Å². The second kappa shape index (κ2) is 8.39. The molecule has 1 atom stereocenters. The van der Waals surface area contributed by atoms with E-state index in [0.717, 1.165) is 21.4 Å². The molecule has 3 aromatic rings. The van der Waals surface area contributed by atoms with Crippen LogP contribution in [0.2, 0.25) is 0 Å². The molecule has 0 saturated carbocycles. The summed E-state index contributed by atoms with van der Waals surface area (Å²) in [7, 11) is 3.00. The zero-order valence-corrected chi connectivity index (χ0v) is 17.1. The number of imide groups is 1. The fraction of sp³-hybridized carbons (Fsp3) is 0.227. The summed E-state index contributed by atoms with van der Waals surface area (Å²) in [4.78, 5) is 41.7. The van der Waals surface area contributed by atoms with Crippen LogP contribution in [0.25, 0.3) is 10.9 Å². The average Bonchev–Trinajstić information content (AvgIpc) is 3.29. The Kier molecular flexibility index (Phi) is 5.48. The number of fused-ring (bicyclic) bond motifs is 1. The maximum absolute atomic E-state index is 12.8. The van der Waals surface area contributed by atoms with Gasteiger partial charge in [0, 0.05) is 47.4 Å². The maximum Gasteiger partial charge on any atom is 0.325 e. The molecule has 9 nitrogen and oxygen atoms in total. The van der Waals surface area contributed by atoms with Crippen molar-refractivity contribution in [2.45, 2.75) is 12.5 Å². The molecule has 1 saturated heterocycles. The zero-order valence-electron chi connectivity index (χ0n) is 17.1. The molecule has 0 aliphatic carbocycles. The largest absolute Gasteiger partial charge is 0.497 e. The van der Waals surface area contributed by atoms with Crippen LogP contribution in [-0.2, 0) is 16.0 Å². The molecule has 2 aromatic carbocycles. The highest BCUT2D eigenvalue weighted by Crippen LogP contribution is 2.26. The molecule has 1 aliphatic heterocycles. The Balaban J connectivity index is 1.43. The summed E-state index contributed by atoms with van der Waals surface area (Å²) >= 11 is 0. The van der Waals surface area contributed by atoms with Crippen LogP contribution in [0, 0.1) is 0 Å². The number of methoxy groups -OCH3 is 2. The maximum atomic E-state index is 12.8. The molecule has 160 valence electrons. The lowest BCUT2D eigenvalue weighted by Gasteiger charge is -2.14. The molecule has 4 rings (SSSR count). The number of nitrogens with zero attached hydrogens (tertiary/aromatic N) is 1. The first-order valence-electron chi connectivity index (χ1n) is 9.68. The number of aromatic nitrogens is 1. The molecule has 4 amide bonds. The number of hydrogen-bond acceptors (Lipinski definition) is 5. The van der Waals surface area contributed by atoms with E-state index in [1.54, 1.807) is 18.2 Å². The Morgan fingerprint density at radius 1 is 1.10 bits per heavy atom. The van der Waals surface area contributed by atoms with Crippen molar-refractivity contribution >= 4 is 34.4 Å². The summed E-state index contributed by atoms with van der Waals surface area (Å²) in [6.07, 6.45) is 2.16. The van der Waals surface area contributed by atoms with Gasteiger partial charge in [-0.3, -0.25) is 14.5 Å². The molecular weight excluding hydrogens is 400 g/mol. The van der Waals surface area contributed by atoms with Crippen molar-refractivity contribution < 1.29 is 23.9 Å². The Morgan fingerprint density at radius 3 is 2.52 bits per heavy atom. The normalized spacial score (nSPS) is 15.8. The second-order valence-electron chi connectivity index (χ2n) is 7.14. The van der Waals surface area contributed by atoms with E-state index in [4.69, 9.17) is 9.47 Å². The predicted octanol–water partition coefficient (Wildman–Crippen LogP) is 2.29. The number of para-hydroxylation sites is 1. The topological polar surface area (TPSA) is 113 Å². The van der Waals surface area contributed by atoms with Crippen LogP contribution >= 0.6 is 0 Å². The van der Waals surface area contributed by atoms with E-state index < -0.39 is 30.4 Å². The number of carbonyl (C=O) groups excluding carboxylic acids is 3. The van der Waals surface area contributed by atoms with Crippen LogP contribution < -0.4 is 20.1 Å². The standard InChI is InChI=1S/C22H22N4O5/c1-30-15-8-14(9-16(10-15)31-2)24-20(27)12-26-21(28)19(25-22(26)29)7-13-11-23-18-6-4-3-5-17(13)18/h3-6,8-11,19,23H,7,12H2,1-2H3,(H,24,27)(H,25,29)/t19-/m1/s1. The molecule has 0 bridgehead atoms. The van der Waals surface area contributed by atoms with Gasteiger partial charge in [0.1, 0.15) is 24.1 Å². The van der Waals surface area contributed by atoms with Crippen LogP contribution in [0.5, 0.6) is 11.5 Å². The third-order valence-electron chi connectivity index (χ3n) is 5.14. The quantitative estimate of drug-likeness (QED) is 0.506. The fourth-order valence-electron chi connectivity index (χ4n) is 3.61. The van der Waals surface area contributed by atoms with Crippen molar-refractivity contribution in [3.63, 3.8) is 0 Å². The minimum absolute atomic E-state index is 0.333. The number of benzene rings is 2. The van der Waals surface area contributed by atoms with Crippen LogP contribution in [0.3, 0.4) is 0 Å². The van der Waals surface area contributed by atoms with Crippen molar-refractivity contribution in [3.8, 4) is 11.5 Å². The minimum Gasteiger partial charge on any atom is -0.497 e. The molecule has 1 aromatic heterocycles. The van der Waals surface area contributed by atoms with Crippen molar-refractivity contribution in [1.82, 2.24) is 15.2 Å². The SMILES string of the molecule is COc1cc(NC(=O)CN2C(=O)N[C@H](Cc3c[nH]c4ccccc34)C2=O)cc(OC)c1. The number of H-pyrrole nitrogens is 1. The van der Waals surface area contributed by atoms with Crippen molar-refractivity contribution in [2.75, 3.05) is 26.1 Å². The van der Waals surface area contributed by atoms with E-state index in [0.29, 0.717) is 23.6 Å². The van der Waals surface area contributed by atoms with Gasteiger partial charge in [-0.25, -0.2) is 4.79 Å². The van der Waals surface area contributed by atoms with Crippen LogP contribution in [0.4, 0.5) is 10.5 Å². The summed E-state index contributed by atoms with van der Waals surface area (Å²) in [5.41, 5.74) is 2.31. The molecule has 0 radical (unpaired) electrons. The summed E-state index contributed by atoms with van der Waals surface area (Å²) in [5.74, 6) is 0.0621. The number of ether oxygens (including phenoxy) is 2. The molecule has 3 N–H and O–H groups in total. The first-order chi connectivity index (χ1) is 15.0. The van der Waals surface area contributed by atoms with E-state index in [9.17, 15) is 14.4 Å². The third kappa shape index (κ3) is 4.16. The van der Waals surface area contributed by atoms with Gasteiger partial charge in [-0.2, -0.15) is 0 Å². The highest BCUT2D eigenvalue weighted by atomic mass is 16.5. The molecule has 2 heterocycles. The van der Waals surface area contributed by atoms with Crippen molar-refractivity contribution in [3.05, 3.63) is 54.2 Å². The Labute approximate surface area is 178 Å². The monoisotopic (exact) mass is 422 g/mol. The molecule has 0 spiro atoms. The van der Waals surface area contributed by atoms with Crippen LogP contribution in [0.15, 0.2) is 48.7 Å². The lowest BCUT2D eigenvalue weighted by atomic mass is 10.1. The first kappa shape index (κ1) is 20.3. The van der Waals surface area contributed by atoms with Gasteiger partial charge in [0.05, 0.1) is 14.2 Å². The smallest absolute Gasteiger partial charge is 0.325 e. The summed E-state index contributed by atoms with van der Waals surface area (Å²) in [5, 5.41) is 6.33. The zero-order chi connectivity index (χ0) is 22.0. The third-order valence-corrected chi connectivity index (χ3v) is 5.14. The van der Waals surface area contributed by atoms with Gasteiger partial charge in [-0.15, -0.1) is 0 Å². The van der Waals surface area contributed by atoms with E-state index in [1.165, 1.54) is 14.2 Å². The lowest BCUT2D eigenvalue weighted by molar-refractivity contribution is -0.130. The fourth-order valence-corrected chi connectivity index (χ4v) is 3.61. The van der Waals surface area contributed by atoms with Crippen LogP contribution in [-0.4, -0.2) is 54.5 Å². The van der Waals surface area contributed by atoms with Gasteiger partial charge in [-0.05, 0) is 11.6 Å². The number of anilines is 1. The van der Waals surface area contributed by atoms with Crippen molar-refractivity contribution in [2.24, 2.45) is 0 Å². The molecule has 1 aliphatic rings. The number of aromatic amines is 1. The van der Waals surface area contributed by atoms with Gasteiger partial charge < -0.3 is 25.1 Å². The Bertz CT molecular complexity index is 1130. The van der Waals surface area contributed by atoms with E-state index in [2.05, 4.69) is 15.6 Å². The van der Waals surface area contributed by atoms with Crippen LogP contribution in [0.1, 0.15) is 5.56 Å². The average molecular weight is 422 g/mol. The molecule has 9 heteroatoms. The number of rotatable bonds is 7. The van der Waals surface area contributed by atoms with Gasteiger partial charge in [0.2, 0.25) is 5.91 Å².